The molecule has 0 saturated heterocycles. The second kappa shape index (κ2) is 12.0. The number of methoxy groups -OCH3 is 1. The number of hydrogen-bond donors (Lipinski definition) is 3. The van der Waals surface area contributed by atoms with Crippen LogP contribution in [-0.2, 0) is 4.79 Å². The van der Waals surface area contributed by atoms with Gasteiger partial charge in [0.1, 0.15) is 5.75 Å². The highest BCUT2D eigenvalue weighted by Crippen LogP contribution is 2.17. The largest absolute Gasteiger partial charge is 0.497 e. The summed E-state index contributed by atoms with van der Waals surface area (Å²) >= 11 is 0. The second-order valence-electron chi connectivity index (χ2n) is 7.14. The second-order valence-corrected chi connectivity index (χ2v) is 7.14. The van der Waals surface area contributed by atoms with Crippen LogP contribution in [0.2, 0.25) is 0 Å². The van der Waals surface area contributed by atoms with Crippen molar-refractivity contribution < 1.29 is 14.6 Å². The van der Waals surface area contributed by atoms with Gasteiger partial charge in [-0.05, 0) is 45.4 Å². The van der Waals surface area contributed by atoms with Crippen molar-refractivity contribution in [2.75, 3.05) is 33.8 Å². The molecule has 1 atom stereocenters. The minimum absolute atomic E-state index is 0. The van der Waals surface area contributed by atoms with Gasteiger partial charge >= 0.3 is 0 Å². The number of rotatable bonds is 7. The molecule has 0 aliphatic rings. The number of ether oxygens (including phenoxy) is 1. The Balaban J connectivity index is 0.00000676. The molecule has 0 aliphatic heterocycles. The van der Waals surface area contributed by atoms with Crippen LogP contribution in [0.25, 0.3) is 0 Å². The molecule has 0 spiro atoms. The van der Waals surface area contributed by atoms with Crippen LogP contribution in [-0.4, -0.2) is 61.2 Å². The zero-order chi connectivity index (χ0) is 19.7. The van der Waals surface area contributed by atoms with Gasteiger partial charge in [0.15, 0.2) is 5.96 Å². The summed E-state index contributed by atoms with van der Waals surface area (Å²) in [5, 5.41) is 16.4. The summed E-state index contributed by atoms with van der Waals surface area (Å²) in [7, 11) is 3.40. The first-order valence-corrected chi connectivity index (χ1v) is 8.78. The number of halogens is 1. The summed E-state index contributed by atoms with van der Waals surface area (Å²) < 4.78 is 5.12. The van der Waals surface area contributed by atoms with Crippen molar-refractivity contribution in [3.63, 3.8) is 0 Å². The molecule has 1 aromatic rings. The number of likely N-dealkylation sites (N-methyl/N-ethyl adjacent to an activating group) is 1. The molecule has 8 heteroatoms. The van der Waals surface area contributed by atoms with Crippen LogP contribution in [0, 0.1) is 0 Å². The summed E-state index contributed by atoms with van der Waals surface area (Å²) in [6.07, 6.45) is -0.730. The van der Waals surface area contributed by atoms with Gasteiger partial charge in [0, 0.05) is 19.1 Å². The maximum Gasteiger partial charge on any atom is 0.240 e. The molecule has 1 aromatic carbocycles. The number of nitrogens with zero attached hydrogens (tertiary/aromatic N) is 2. The van der Waals surface area contributed by atoms with E-state index < -0.39 is 6.10 Å². The van der Waals surface area contributed by atoms with Crippen molar-refractivity contribution in [2.45, 2.75) is 39.3 Å². The monoisotopic (exact) mass is 492 g/mol. The van der Waals surface area contributed by atoms with Gasteiger partial charge in [0.2, 0.25) is 5.91 Å². The van der Waals surface area contributed by atoms with Crippen molar-refractivity contribution >= 4 is 35.8 Å². The topological polar surface area (TPSA) is 86.2 Å². The highest BCUT2D eigenvalue weighted by atomic mass is 127. The van der Waals surface area contributed by atoms with Gasteiger partial charge in [-0.25, -0.2) is 0 Å². The molecule has 0 aromatic heterocycles. The van der Waals surface area contributed by atoms with Crippen molar-refractivity contribution in [1.82, 2.24) is 15.5 Å². The first-order chi connectivity index (χ1) is 12.2. The quantitative estimate of drug-likeness (QED) is 0.309. The van der Waals surface area contributed by atoms with Crippen LogP contribution in [0.3, 0.4) is 0 Å². The Hall–Kier alpha value is -1.55. The summed E-state index contributed by atoms with van der Waals surface area (Å²) in [4.78, 5) is 18.3. The van der Waals surface area contributed by atoms with Crippen LogP contribution in [0.1, 0.15) is 39.4 Å². The lowest BCUT2D eigenvalue weighted by Gasteiger charge is -2.25. The fourth-order valence-electron chi connectivity index (χ4n) is 2.32. The third kappa shape index (κ3) is 9.81. The molecule has 1 unspecified atom stereocenters. The molecule has 7 nitrogen and oxygen atoms in total. The van der Waals surface area contributed by atoms with E-state index in [9.17, 15) is 9.90 Å². The van der Waals surface area contributed by atoms with Gasteiger partial charge < -0.3 is 25.4 Å². The Kier molecular flexibility index (Phi) is 11.3. The third-order valence-electron chi connectivity index (χ3n) is 3.51. The zero-order valence-electron chi connectivity index (χ0n) is 17.1. The lowest BCUT2D eigenvalue weighted by molar-refractivity contribution is -0.122. The minimum Gasteiger partial charge on any atom is -0.497 e. The number of aliphatic hydroxyl groups is 1. The number of aliphatic imine (C=N–C) groups is 1. The summed E-state index contributed by atoms with van der Waals surface area (Å²) in [5.74, 6) is 1.23. The number of carbonyl (C=O) groups is 1. The fraction of sp³-hybridized carbons (Fsp3) is 0.579. The Morgan fingerprint density at radius 2 is 1.89 bits per heavy atom. The van der Waals surface area contributed by atoms with Crippen LogP contribution in [0.15, 0.2) is 29.3 Å². The maximum absolute atomic E-state index is 12.1. The van der Waals surface area contributed by atoms with Crippen molar-refractivity contribution in [3.8, 4) is 5.75 Å². The molecule has 0 aliphatic carbocycles. The molecule has 27 heavy (non-hydrogen) atoms. The highest BCUT2D eigenvalue weighted by molar-refractivity contribution is 14.0. The van der Waals surface area contributed by atoms with Crippen LogP contribution < -0.4 is 15.4 Å². The van der Waals surface area contributed by atoms with E-state index >= 15 is 0 Å². The predicted octanol–water partition coefficient (Wildman–Crippen LogP) is 2.16. The Morgan fingerprint density at radius 1 is 1.30 bits per heavy atom. The maximum atomic E-state index is 12.1. The molecule has 0 heterocycles. The Labute approximate surface area is 179 Å². The molecule has 0 fully saturated rings. The van der Waals surface area contributed by atoms with E-state index in [0.717, 1.165) is 11.3 Å². The normalized spacial score (nSPS) is 12.6. The van der Waals surface area contributed by atoms with Gasteiger partial charge in [-0.3, -0.25) is 9.79 Å². The number of hydrogen-bond acceptors (Lipinski definition) is 4. The third-order valence-corrected chi connectivity index (χ3v) is 3.51. The average molecular weight is 492 g/mol. The molecular weight excluding hydrogens is 459 g/mol. The lowest BCUT2D eigenvalue weighted by Crippen LogP contribution is -2.48. The number of carbonyl (C=O) groups excluding carboxylic acids is 1. The number of benzene rings is 1. The van der Waals surface area contributed by atoms with E-state index in [4.69, 9.17) is 4.74 Å². The average Bonchev–Trinajstić information content (AvgIpc) is 2.56. The van der Waals surface area contributed by atoms with Crippen LogP contribution in [0.4, 0.5) is 0 Å². The van der Waals surface area contributed by atoms with Crippen LogP contribution >= 0.6 is 24.0 Å². The van der Waals surface area contributed by atoms with Crippen molar-refractivity contribution in [2.24, 2.45) is 4.99 Å². The molecular formula is C19H33IN4O3. The van der Waals surface area contributed by atoms with Crippen LogP contribution in [0.5, 0.6) is 5.75 Å². The molecule has 0 bridgehead atoms. The van der Waals surface area contributed by atoms with E-state index in [1.54, 1.807) is 31.2 Å². The number of aliphatic hydroxyl groups excluding tert-OH is 1. The van der Waals surface area contributed by atoms with Gasteiger partial charge in [0.05, 0.1) is 26.3 Å². The molecule has 0 saturated carbocycles. The molecule has 3 N–H and O–H groups in total. The number of amides is 1. The number of nitrogens with one attached hydrogen (secondary N) is 2. The highest BCUT2D eigenvalue weighted by Gasteiger charge is 2.17. The Bertz CT molecular complexity index is 600. The molecule has 0 radical (unpaired) electrons. The van der Waals surface area contributed by atoms with Gasteiger partial charge in [-0.2, -0.15) is 0 Å². The lowest BCUT2D eigenvalue weighted by atomic mass is 10.1. The van der Waals surface area contributed by atoms with E-state index in [2.05, 4.69) is 15.6 Å². The van der Waals surface area contributed by atoms with E-state index in [1.807, 2.05) is 39.8 Å². The molecule has 1 rings (SSSR count). The zero-order valence-corrected chi connectivity index (χ0v) is 19.4. The number of guanidine groups is 1. The minimum atomic E-state index is -0.730. The van der Waals surface area contributed by atoms with Gasteiger partial charge in [0.25, 0.3) is 0 Å². The fourth-order valence-corrected chi connectivity index (χ4v) is 2.32. The first-order valence-electron chi connectivity index (χ1n) is 8.78. The Morgan fingerprint density at radius 3 is 2.37 bits per heavy atom. The predicted molar refractivity (Wildman–Crippen MR) is 120 cm³/mol. The molecule has 1 amide bonds. The summed E-state index contributed by atoms with van der Waals surface area (Å²) in [6, 6.07) is 7.23. The van der Waals surface area contributed by atoms with E-state index in [1.165, 1.54) is 0 Å². The van der Waals surface area contributed by atoms with Gasteiger partial charge in [-0.1, -0.05) is 12.1 Å². The summed E-state index contributed by atoms with van der Waals surface area (Å²) in [5.41, 5.74) is 0.483. The summed E-state index contributed by atoms with van der Waals surface area (Å²) in [6.45, 7) is 8.82. The van der Waals surface area contributed by atoms with E-state index in [0.29, 0.717) is 12.5 Å². The van der Waals surface area contributed by atoms with Crippen molar-refractivity contribution in [1.29, 1.82) is 0 Å². The smallest absolute Gasteiger partial charge is 0.240 e. The standard InChI is InChI=1S/C19H32N4O3.HI/c1-7-20-18(23(5)13-17(25)22-19(2,3)4)21-12-16(24)14-8-10-15(26-6)11-9-14;/h8-11,16,24H,7,12-13H2,1-6H3,(H,20,21)(H,22,25);1H. The van der Waals surface area contributed by atoms with Crippen molar-refractivity contribution in [3.05, 3.63) is 29.8 Å². The molecule has 154 valence electrons. The first kappa shape index (κ1) is 25.4. The van der Waals surface area contributed by atoms with E-state index in [-0.39, 0.29) is 48.5 Å². The SMILES string of the molecule is CCNC(=NCC(O)c1ccc(OC)cc1)N(C)CC(=O)NC(C)(C)C.I. The van der Waals surface area contributed by atoms with Gasteiger partial charge in [-0.15, -0.1) is 24.0 Å².